The van der Waals surface area contributed by atoms with Gasteiger partial charge in [0.2, 0.25) is 0 Å². The van der Waals surface area contributed by atoms with Crippen molar-refractivity contribution >= 4 is 27.5 Å². The lowest BCUT2D eigenvalue weighted by Crippen LogP contribution is -2.33. The minimum Gasteiger partial charge on any atom is -0.336 e. The summed E-state index contributed by atoms with van der Waals surface area (Å²) in [4.78, 5) is 31.5. The molecule has 0 aliphatic rings. The Bertz CT molecular complexity index is 1470. The molecule has 36 heavy (non-hydrogen) atoms. The number of alkyl halides is 6. The molecule has 0 aliphatic heterocycles. The zero-order valence-electron chi connectivity index (χ0n) is 18.7. The fraction of sp³-hybridized carbons (Fsp3) is 0.208. The van der Waals surface area contributed by atoms with Crippen LogP contribution in [-0.2, 0) is 25.9 Å². The molecule has 2 aromatic carbocycles. The van der Waals surface area contributed by atoms with Crippen LogP contribution in [0.25, 0.3) is 21.3 Å². The van der Waals surface area contributed by atoms with Gasteiger partial charge in [-0.3, -0.25) is 9.59 Å². The topological polar surface area (TPSA) is 55.2 Å². The molecule has 0 spiro atoms. The largest absolute Gasteiger partial charge is 0.416 e. The number of hydrogen-bond donors (Lipinski definition) is 0. The molecule has 0 atom stereocenters. The molecule has 4 rings (SSSR count). The van der Waals surface area contributed by atoms with E-state index in [0.29, 0.717) is 28.0 Å². The van der Waals surface area contributed by atoms with Crippen LogP contribution in [0.1, 0.15) is 27.2 Å². The highest BCUT2D eigenvalue weighted by Gasteiger charge is 2.37. The molecule has 2 heterocycles. The number of aromatic nitrogens is 2. The smallest absolute Gasteiger partial charge is 0.336 e. The van der Waals surface area contributed by atoms with E-state index in [-0.39, 0.29) is 22.8 Å². The van der Waals surface area contributed by atoms with Crippen molar-refractivity contribution in [3.63, 3.8) is 0 Å². The first-order chi connectivity index (χ1) is 16.8. The highest BCUT2D eigenvalue weighted by molar-refractivity contribution is 7.17. The van der Waals surface area contributed by atoms with E-state index in [1.807, 2.05) is 0 Å². The maximum Gasteiger partial charge on any atom is 0.416 e. The fourth-order valence-electron chi connectivity index (χ4n) is 3.87. The van der Waals surface area contributed by atoms with Crippen molar-refractivity contribution in [1.29, 1.82) is 0 Å². The normalized spacial score (nSPS) is 12.2. The molecule has 0 N–H and O–H groups in total. The summed E-state index contributed by atoms with van der Waals surface area (Å²) in [5.41, 5.74) is -1.34. The van der Waals surface area contributed by atoms with Gasteiger partial charge in [-0.2, -0.15) is 26.3 Å². The van der Waals surface area contributed by atoms with Gasteiger partial charge >= 0.3 is 12.4 Å². The Kier molecular flexibility index (Phi) is 6.41. The zero-order chi connectivity index (χ0) is 26.4. The first kappa shape index (κ1) is 25.4. The van der Waals surface area contributed by atoms with E-state index in [1.54, 1.807) is 30.3 Å². The van der Waals surface area contributed by atoms with E-state index in [9.17, 15) is 35.9 Å². The van der Waals surface area contributed by atoms with Crippen molar-refractivity contribution in [3.05, 3.63) is 86.8 Å². The molecule has 188 valence electrons. The maximum atomic E-state index is 13.6. The molecule has 0 fully saturated rings. The van der Waals surface area contributed by atoms with Crippen LogP contribution in [0.2, 0.25) is 0 Å². The lowest BCUT2D eigenvalue weighted by Gasteiger charge is -2.22. The SMILES string of the molecule is CN(Cc1cc(C(F)(F)F)cc(C(F)(F)F)c1)C(=O)c1c(-c2ccccc2)c2scnc2c(=O)n1C. The highest BCUT2D eigenvalue weighted by Crippen LogP contribution is 2.37. The highest BCUT2D eigenvalue weighted by atomic mass is 32.1. The second-order valence-electron chi connectivity index (χ2n) is 8.06. The van der Waals surface area contributed by atoms with E-state index in [0.717, 1.165) is 20.8 Å². The quantitative estimate of drug-likeness (QED) is 0.309. The van der Waals surface area contributed by atoms with Crippen molar-refractivity contribution in [2.75, 3.05) is 7.05 Å². The van der Waals surface area contributed by atoms with Gasteiger partial charge in [-0.15, -0.1) is 11.3 Å². The van der Waals surface area contributed by atoms with Gasteiger partial charge < -0.3 is 9.47 Å². The van der Waals surface area contributed by atoms with Crippen molar-refractivity contribution in [2.24, 2.45) is 7.05 Å². The Hall–Kier alpha value is -3.67. The van der Waals surface area contributed by atoms with E-state index in [4.69, 9.17) is 0 Å². The Morgan fingerprint density at radius 2 is 1.58 bits per heavy atom. The van der Waals surface area contributed by atoms with Crippen LogP contribution in [0.15, 0.2) is 58.8 Å². The van der Waals surface area contributed by atoms with Gasteiger partial charge in [0.15, 0.2) is 0 Å². The Morgan fingerprint density at radius 3 is 2.14 bits per heavy atom. The summed E-state index contributed by atoms with van der Waals surface area (Å²) < 4.78 is 81.1. The van der Waals surface area contributed by atoms with Gasteiger partial charge in [0.25, 0.3) is 11.5 Å². The first-order valence-corrected chi connectivity index (χ1v) is 11.2. The third kappa shape index (κ3) is 4.72. The molecule has 0 bridgehead atoms. The average molecular weight is 525 g/mol. The zero-order valence-corrected chi connectivity index (χ0v) is 19.6. The molecular weight excluding hydrogens is 508 g/mol. The molecule has 0 aliphatic carbocycles. The van der Waals surface area contributed by atoms with Crippen LogP contribution in [0.3, 0.4) is 0 Å². The van der Waals surface area contributed by atoms with E-state index < -0.39 is 41.5 Å². The first-order valence-electron chi connectivity index (χ1n) is 10.3. The lowest BCUT2D eigenvalue weighted by molar-refractivity contribution is -0.143. The number of pyridine rings is 1. The third-order valence-corrected chi connectivity index (χ3v) is 6.40. The van der Waals surface area contributed by atoms with Gasteiger partial charge in [0, 0.05) is 26.2 Å². The Labute approximate surface area is 204 Å². The Morgan fingerprint density at radius 1 is 1.00 bits per heavy atom. The number of fused-ring (bicyclic) bond motifs is 1. The van der Waals surface area contributed by atoms with Crippen LogP contribution in [0.5, 0.6) is 0 Å². The van der Waals surface area contributed by atoms with Crippen molar-refractivity contribution in [1.82, 2.24) is 14.5 Å². The van der Waals surface area contributed by atoms with Crippen LogP contribution in [-0.4, -0.2) is 27.4 Å². The molecule has 1 amide bonds. The van der Waals surface area contributed by atoms with Gasteiger partial charge in [-0.1, -0.05) is 30.3 Å². The average Bonchev–Trinajstić information content (AvgIpc) is 3.30. The summed E-state index contributed by atoms with van der Waals surface area (Å²) in [7, 11) is 2.60. The molecule has 2 aromatic heterocycles. The molecule has 4 aromatic rings. The number of carbonyl (C=O) groups excluding carboxylic acids is 1. The third-order valence-electron chi connectivity index (χ3n) is 5.55. The van der Waals surface area contributed by atoms with Crippen LogP contribution in [0.4, 0.5) is 26.3 Å². The Balaban J connectivity index is 1.82. The molecule has 12 heteroatoms. The minimum absolute atomic E-state index is 0.0280. The van der Waals surface area contributed by atoms with Gasteiger partial charge in [-0.05, 0) is 29.3 Å². The van der Waals surface area contributed by atoms with Crippen LogP contribution >= 0.6 is 11.3 Å². The summed E-state index contributed by atoms with van der Waals surface area (Å²) in [5, 5.41) is 0. The molecular formula is C24H17F6N3O2S. The number of carbonyl (C=O) groups is 1. The maximum absolute atomic E-state index is 13.6. The minimum atomic E-state index is -5.01. The van der Waals surface area contributed by atoms with E-state index in [1.165, 1.54) is 19.6 Å². The number of rotatable bonds is 4. The van der Waals surface area contributed by atoms with Crippen molar-refractivity contribution in [2.45, 2.75) is 18.9 Å². The summed E-state index contributed by atoms with van der Waals surface area (Å²) >= 11 is 1.14. The second kappa shape index (κ2) is 9.08. The lowest BCUT2D eigenvalue weighted by atomic mass is 10.0. The number of nitrogens with zero attached hydrogens (tertiary/aromatic N) is 3. The standard InChI is InChI=1S/C24H17F6N3O2S/c1-32(11-13-8-15(23(25,26)27)10-16(9-13)24(28,29)30)22(35)19-17(14-6-4-3-5-7-14)20-18(31-12-36-20)21(34)33(19)2/h3-10,12H,11H2,1-2H3. The number of benzene rings is 2. The van der Waals surface area contributed by atoms with Gasteiger partial charge in [0.05, 0.1) is 21.3 Å². The van der Waals surface area contributed by atoms with Crippen LogP contribution < -0.4 is 5.56 Å². The molecule has 0 unspecified atom stereocenters. The predicted molar refractivity (Wildman–Crippen MR) is 123 cm³/mol. The number of halogens is 6. The van der Waals surface area contributed by atoms with Gasteiger partial charge in [0.1, 0.15) is 11.2 Å². The number of amides is 1. The molecule has 0 saturated heterocycles. The fourth-order valence-corrected chi connectivity index (χ4v) is 4.72. The van der Waals surface area contributed by atoms with Crippen molar-refractivity contribution in [3.8, 4) is 11.1 Å². The predicted octanol–water partition coefficient (Wildman–Crippen LogP) is 5.97. The summed E-state index contributed by atoms with van der Waals surface area (Å²) in [6, 6.07) is 9.83. The van der Waals surface area contributed by atoms with Gasteiger partial charge in [-0.25, -0.2) is 4.98 Å². The number of hydrogen-bond acceptors (Lipinski definition) is 4. The van der Waals surface area contributed by atoms with Crippen molar-refractivity contribution < 1.29 is 31.1 Å². The van der Waals surface area contributed by atoms with E-state index in [2.05, 4.69) is 4.98 Å². The van der Waals surface area contributed by atoms with E-state index >= 15 is 0 Å². The molecule has 0 saturated carbocycles. The summed E-state index contributed by atoms with van der Waals surface area (Å²) in [5.74, 6) is -0.755. The summed E-state index contributed by atoms with van der Waals surface area (Å²) in [6.07, 6.45) is -10.0. The second-order valence-corrected chi connectivity index (χ2v) is 8.91. The number of thiazole rings is 1. The molecule has 0 radical (unpaired) electrons. The van der Waals surface area contributed by atoms with Crippen LogP contribution in [0, 0.1) is 0 Å². The summed E-state index contributed by atoms with van der Waals surface area (Å²) in [6.45, 7) is -0.561. The monoisotopic (exact) mass is 525 g/mol. The molecule has 5 nitrogen and oxygen atoms in total.